The van der Waals surface area contributed by atoms with Crippen molar-refractivity contribution in [1.29, 1.82) is 0 Å². The number of hydrazone groups is 1. The molecule has 0 fully saturated rings. The summed E-state index contributed by atoms with van der Waals surface area (Å²) in [5, 5.41) is 13.9. The largest absolute Gasteiger partial charge is 0.507 e. The van der Waals surface area contributed by atoms with Crippen LogP contribution in [-0.4, -0.2) is 16.7 Å². The van der Waals surface area contributed by atoms with Crippen molar-refractivity contribution in [2.24, 2.45) is 11.0 Å². The van der Waals surface area contributed by atoms with Gasteiger partial charge in [0.1, 0.15) is 5.75 Å². The van der Waals surface area contributed by atoms with Gasteiger partial charge in [-0.05, 0) is 50.3 Å². The van der Waals surface area contributed by atoms with Crippen molar-refractivity contribution in [3.63, 3.8) is 0 Å². The van der Waals surface area contributed by atoms with Crippen LogP contribution in [0, 0.1) is 5.92 Å². The third kappa shape index (κ3) is 3.60. The van der Waals surface area contributed by atoms with Crippen LogP contribution in [0.15, 0.2) is 53.2 Å². The Morgan fingerprint density at radius 3 is 2.81 bits per heavy atom. The highest BCUT2D eigenvalue weighted by atomic mass is 16.3. The predicted molar refractivity (Wildman–Crippen MR) is 84.3 cm³/mol. The van der Waals surface area contributed by atoms with Gasteiger partial charge in [-0.2, -0.15) is 5.10 Å². The summed E-state index contributed by atoms with van der Waals surface area (Å²) in [5.74, 6) is -0.0914. The molecule has 2 N–H and O–H groups in total. The minimum Gasteiger partial charge on any atom is -0.507 e. The number of nitrogens with zero attached hydrogens (tertiary/aromatic N) is 1. The van der Waals surface area contributed by atoms with Gasteiger partial charge in [-0.3, -0.25) is 4.79 Å². The Morgan fingerprint density at radius 2 is 2.14 bits per heavy atom. The molecule has 0 aromatic heterocycles. The second kappa shape index (κ2) is 6.39. The monoisotopic (exact) mass is 284 g/mol. The van der Waals surface area contributed by atoms with E-state index in [9.17, 15) is 9.90 Å². The second-order valence-electron chi connectivity index (χ2n) is 5.39. The molecule has 1 aliphatic carbocycles. The number of aromatic hydroxyl groups is 1. The van der Waals surface area contributed by atoms with Crippen LogP contribution in [0.1, 0.15) is 37.0 Å². The Labute approximate surface area is 124 Å². The number of nitrogens with one attached hydrogen (secondary N) is 1. The van der Waals surface area contributed by atoms with Crippen LogP contribution in [0.3, 0.4) is 0 Å². The predicted octanol–water partition coefficient (Wildman–Crippen LogP) is 3.41. The lowest BCUT2D eigenvalue weighted by molar-refractivity contribution is 0.0952. The number of benzene rings is 1. The molecule has 4 heteroatoms. The van der Waals surface area contributed by atoms with Crippen molar-refractivity contribution in [3.05, 3.63) is 53.6 Å². The normalized spacial score (nSPS) is 20.0. The number of amides is 1. The van der Waals surface area contributed by atoms with E-state index in [1.807, 2.05) is 13.8 Å². The fourth-order valence-electron chi connectivity index (χ4n) is 2.27. The first-order chi connectivity index (χ1) is 9.99. The first-order valence-corrected chi connectivity index (χ1v) is 6.96. The molecule has 1 aliphatic rings. The van der Waals surface area contributed by atoms with E-state index < -0.39 is 5.91 Å². The van der Waals surface area contributed by atoms with Crippen LogP contribution in [0.4, 0.5) is 0 Å². The van der Waals surface area contributed by atoms with Gasteiger partial charge in [0.2, 0.25) is 0 Å². The number of allylic oxidation sites excluding steroid dienone is 3. The molecule has 0 bridgehead atoms. The second-order valence-corrected chi connectivity index (χ2v) is 5.39. The topological polar surface area (TPSA) is 61.7 Å². The minimum absolute atomic E-state index is 0.0501. The Morgan fingerprint density at radius 1 is 1.43 bits per heavy atom. The van der Waals surface area contributed by atoms with E-state index in [1.165, 1.54) is 6.07 Å². The first kappa shape index (κ1) is 15.0. The van der Waals surface area contributed by atoms with Gasteiger partial charge in [0, 0.05) is 0 Å². The highest BCUT2D eigenvalue weighted by Gasteiger charge is 2.19. The summed E-state index contributed by atoms with van der Waals surface area (Å²) in [7, 11) is 0. The lowest BCUT2D eigenvalue weighted by Gasteiger charge is -2.22. The molecule has 110 valence electrons. The van der Waals surface area contributed by atoms with Gasteiger partial charge in [-0.1, -0.05) is 30.4 Å². The minimum atomic E-state index is -0.411. The van der Waals surface area contributed by atoms with Gasteiger partial charge in [0.25, 0.3) is 5.91 Å². The molecule has 0 aliphatic heterocycles. The standard InChI is InChI=1S/C17H20N2O2/c1-11(2)13-9-8-12(3)15(10-13)18-19-17(21)14-6-4-5-7-16(14)20/h4-8,13,20H,1,9-10H2,2-3H3,(H,19,21). The van der Waals surface area contributed by atoms with E-state index in [-0.39, 0.29) is 11.3 Å². The van der Waals surface area contributed by atoms with Crippen LogP contribution >= 0.6 is 0 Å². The zero-order valence-corrected chi connectivity index (χ0v) is 12.4. The van der Waals surface area contributed by atoms with Gasteiger partial charge in [-0.15, -0.1) is 0 Å². The number of para-hydroxylation sites is 1. The number of rotatable bonds is 3. The van der Waals surface area contributed by atoms with Gasteiger partial charge >= 0.3 is 0 Å². The number of hydrogen-bond donors (Lipinski definition) is 2. The molecule has 0 spiro atoms. The van der Waals surface area contributed by atoms with Gasteiger partial charge in [0.05, 0.1) is 11.3 Å². The molecular formula is C17H20N2O2. The molecule has 1 aromatic rings. The molecule has 0 saturated carbocycles. The van der Waals surface area contributed by atoms with Crippen molar-refractivity contribution in [1.82, 2.24) is 5.43 Å². The van der Waals surface area contributed by atoms with Crippen molar-refractivity contribution < 1.29 is 9.90 Å². The average molecular weight is 284 g/mol. The van der Waals surface area contributed by atoms with Crippen LogP contribution in [0.25, 0.3) is 0 Å². The maximum absolute atomic E-state index is 12.0. The molecule has 1 unspecified atom stereocenters. The zero-order chi connectivity index (χ0) is 15.4. The smallest absolute Gasteiger partial charge is 0.275 e. The Hall–Kier alpha value is -2.36. The molecule has 1 amide bonds. The Balaban J connectivity index is 2.12. The number of phenols is 1. The molecule has 0 heterocycles. The van der Waals surface area contributed by atoms with E-state index in [1.54, 1.807) is 18.2 Å². The summed E-state index contributed by atoms with van der Waals surface area (Å²) < 4.78 is 0. The summed E-state index contributed by atoms with van der Waals surface area (Å²) >= 11 is 0. The lowest BCUT2D eigenvalue weighted by atomic mass is 9.85. The molecule has 2 rings (SSSR count). The van der Waals surface area contributed by atoms with E-state index in [0.29, 0.717) is 5.92 Å². The summed E-state index contributed by atoms with van der Waals surface area (Å²) in [5.41, 5.74) is 5.79. The summed E-state index contributed by atoms with van der Waals surface area (Å²) in [6.07, 6.45) is 3.86. The highest BCUT2D eigenvalue weighted by molar-refractivity contribution is 6.02. The third-order valence-electron chi connectivity index (χ3n) is 3.74. The van der Waals surface area contributed by atoms with E-state index in [4.69, 9.17) is 0 Å². The Bertz CT molecular complexity index is 629. The molecular weight excluding hydrogens is 264 g/mol. The molecule has 21 heavy (non-hydrogen) atoms. The van der Waals surface area contributed by atoms with Crippen molar-refractivity contribution >= 4 is 11.6 Å². The first-order valence-electron chi connectivity index (χ1n) is 6.96. The van der Waals surface area contributed by atoms with Gasteiger partial charge in [0.15, 0.2) is 0 Å². The molecule has 0 radical (unpaired) electrons. The van der Waals surface area contributed by atoms with E-state index in [0.717, 1.165) is 29.7 Å². The number of carbonyl (C=O) groups excluding carboxylic acids is 1. The van der Waals surface area contributed by atoms with Crippen LogP contribution in [-0.2, 0) is 0 Å². The van der Waals surface area contributed by atoms with Crippen molar-refractivity contribution in [3.8, 4) is 5.75 Å². The number of hydrogen-bond acceptors (Lipinski definition) is 3. The zero-order valence-electron chi connectivity index (χ0n) is 12.4. The molecule has 1 aromatic carbocycles. The Kier molecular flexibility index (Phi) is 4.58. The molecule has 1 atom stereocenters. The fourth-order valence-corrected chi connectivity index (χ4v) is 2.27. The number of carbonyl (C=O) groups is 1. The lowest BCUT2D eigenvalue weighted by Crippen LogP contribution is -2.23. The van der Waals surface area contributed by atoms with E-state index >= 15 is 0 Å². The van der Waals surface area contributed by atoms with Crippen molar-refractivity contribution in [2.45, 2.75) is 26.7 Å². The maximum Gasteiger partial charge on any atom is 0.275 e. The summed E-state index contributed by atoms with van der Waals surface area (Å²) in [6.45, 7) is 7.99. The summed E-state index contributed by atoms with van der Waals surface area (Å²) in [6, 6.07) is 6.41. The van der Waals surface area contributed by atoms with Gasteiger partial charge in [-0.25, -0.2) is 5.43 Å². The highest BCUT2D eigenvalue weighted by Crippen LogP contribution is 2.26. The fraction of sp³-hybridized carbons (Fsp3) is 0.294. The van der Waals surface area contributed by atoms with E-state index in [2.05, 4.69) is 23.2 Å². The van der Waals surface area contributed by atoms with Crippen molar-refractivity contribution in [2.75, 3.05) is 0 Å². The van der Waals surface area contributed by atoms with Crippen LogP contribution in [0.2, 0.25) is 0 Å². The molecule has 4 nitrogen and oxygen atoms in total. The van der Waals surface area contributed by atoms with Crippen LogP contribution in [0.5, 0.6) is 5.75 Å². The summed E-state index contributed by atoms with van der Waals surface area (Å²) in [4.78, 5) is 12.0. The number of phenolic OH excluding ortho intramolecular Hbond substituents is 1. The van der Waals surface area contributed by atoms with Crippen LogP contribution < -0.4 is 5.43 Å². The third-order valence-corrected chi connectivity index (χ3v) is 3.74. The average Bonchev–Trinajstić information content (AvgIpc) is 2.46. The SMILES string of the molecule is C=C(C)C1CC=C(C)C(=NNC(=O)c2ccccc2O)C1. The molecule has 0 saturated heterocycles. The quantitative estimate of drug-likeness (QED) is 0.660. The maximum atomic E-state index is 12.0. The van der Waals surface area contributed by atoms with Gasteiger partial charge < -0.3 is 5.11 Å².